The molecule has 0 saturated heterocycles. The van der Waals surface area contributed by atoms with E-state index in [1.165, 1.54) is 0 Å². The van der Waals surface area contributed by atoms with Gasteiger partial charge in [0.25, 0.3) is 5.56 Å². The lowest BCUT2D eigenvalue weighted by Crippen LogP contribution is -2.21. The third kappa shape index (κ3) is 2.94. The van der Waals surface area contributed by atoms with E-state index >= 15 is 0 Å². The highest BCUT2D eigenvalue weighted by molar-refractivity contribution is 6.30. The smallest absolute Gasteiger partial charge is 0.264 e. The van der Waals surface area contributed by atoms with E-state index in [-0.39, 0.29) is 5.56 Å². The fourth-order valence-corrected chi connectivity index (χ4v) is 2.98. The normalized spacial score (nSPS) is 11.1. The van der Waals surface area contributed by atoms with E-state index in [1.807, 2.05) is 49.4 Å². The highest BCUT2D eigenvalue weighted by Crippen LogP contribution is 2.15. The molecule has 4 aromatic rings. The third-order valence-corrected chi connectivity index (χ3v) is 4.31. The predicted octanol–water partition coefficient (Wildman–Crippen LogP) is 3.59. The van der Waals surface area contributed by atoms with Crippen LogP contribution in [0.2, 0.25) is 5.02 Å². The lowest BCUT2D eigenvalue weighted by Gasteiger charge is -2.07. The van der Waals surface area contributed by atoms with Crippen LogP contribution in [0.3, 0.4) is 0 Å². The van der Waals surface area contributed by atoms with Gasteiger partial charge in [0.05, 0.1) is 18.4 Å². The standard InChI is InChI=1S/C19H15ClN4O/c1-13-5-7-16(8-6-13)24-18-17(10-22-24)19(25)23(12-21-18)11-14-3-2-4-15(20)9-14/h2-10,12H,11H2,1H3. The number of hydrogen-bond donors (Lipinski definition) is 0. The number of fused-ring (bicyclic) bond motifs is 1. The van der Waals surface area contributed by atoms with Gasteiger partial charge in [0.2, 0.25) is 0 Å². The van der Waals surface area contributed by atoms with Crippen LogP contribution in [0, 0.1) is 6.92 Å². The van der Waals surface area contributed by atoms with Crippen molar-refractivity contribution in [3.8, 4) is 5.69 Å². The van der Waals surface area contributed by atoms with Crippen LogP contribution in [0.25, 0.3) is 16.7 Å². The van der Waals surface area contributed by atoms with Gasteiger partial charge in [-0.2, -0.15) is 5.10 Å². The Kier molecular flexibility index (Phi) is 3.86. The SMILES string of the molecule is Cc1ccc(-n2ncc3c(=O)n(Cc4cccc(Cl)c4)cnc32)cc1. The van der Waals surface area contributed by atoms with Crippen molar-refractivity contribution in [2.45, 2.75) is 13.5 Å². The quantitative estimate of drug-likeness (QED) is 0.567. The van der Waals surface area contributed by atoms with Crippen molar-refractivity contribution >= 4 is 22.6 Å². The van der Waals surface area contributed by atoms with Crippen molar-refractivity contribution in [1.29, 1.82) is 0 Å². The molecule has 2 aromatic heterocycles. The zero-order chi connectivity index (χ0) is 17.4. The molecule has 0 unspecified atom stereocenters. The molecule has 2 aromatic carbocycles. The molecule has 2 heterocycles. The lowest BCUT2D eigenvalue weighted by atomic mass is 10.2. The number of aryl methyl sites for hydroxylation is 1. The van der Waals surface area contributed by atoms with E-state index in [9.17, 15) is 4.79 Å². The van der Waals surface area contributed by atoms with Crippen LogP contribution < -0.4 is 5.56 Å². The highest BCUT2D eigenvalue weighted by Gasteiger charge is 2.11. The van der Waals surface area contributed by atoms with E-state index in [0.29, 0.717) is 22.6 Å². The second-order valence-corrected chi connectivity index (χ2v) is 6.37. The van der Waals surface area contributed by atoms with E-state index in [2.05, 4.69) is 10.1 Å². The van der Waals surface area contributed by atoms with Gasteiger partial charge in [-0.1, -0.05) is 41.4 Å². The molecular weight excluding hydrogens is 336 g/mol. The first kappa shape index (κ1) is 15.6. The van der Waals surface area contributed by atoms with Crippen LogP contribution in [0.15, 0.2) is 65.8 Å². The van der Waals surface area contributed by atoms with Crippen molar-refractivity contribution < 1.29 is 0 Å². The second-order valence-electron chi connectivity index (χ2n) is 5.94. The molecule has 0 amide bonds. The average Bonchev–Trinajstić information content (AvgIpc) is 3.03. The Labute approximate surface area is 149 Å². The minimum Gasteiger partial charge on any atom is -0.294 e. The summed E-state index contributed by atoms with van der Waals surface area (Å²) in [6.07, 6.45) is 3.12. The molecule has 0 saturated carbocycles. The Morgan fingerprint density at radius 1 is 1.12 bits per heavy atom. The molecule has 0 aliphatic rings. The van der Waals surface area contributed by atoms with Gasteiger partial charge in [-0.15, -0.1) is 0 Å². The Bertz CT molecular complexity index is 1110. The van der Waals surface area contributed by atoms with Crippen LogP contribution in [0.4, 0.5) is 0 Å². The van der Waals surface area contributed by atoms with Crippen molar-refractivity contribution in [3.63, 3.8) is 0 Å². The van der Waals surface area contributed by atoms with Crippen molar-refractivity contribution in [2.24, 2.45) is 0 Å². The van der Waals surface area contributed by atoms with Crippen LogP contribution in [-0.4, -0.2) is 19.3 Å². The monoisotopic (exact) mass is 350 g/mol. The van der Waals surface area contributed by atoms with Crippen molar-refractivity contribution in [2.75, 3.05) is 0 Å². The molecule has 0 aliphatic heterocycles. The Morgan fingerprint density at radius 2 is 1.92 bits per heavy atom. The molecule has 0 fully saturated rings. The van der Waals surface area contributed by atoms with Gasteiger partial charge in [0.1, 0.15) is 11.7 Å². The summed E-state index contributed by atoms with van der Waals surface area (Å²) < 4.78 is 3.25. The maximum atomic E-state index is 12.8. The zero-order valence-corrected chi connectivity index (χ0v) is 14.3. The van der Waals surface area contributed by atoms with E-state index in [4.69, 9.17) is 11.6 Å². The van der Waals surface area contributed by atoms with E-state index < -0.39 is 0 Å². The number of aromatic nitrogens is 4. The Morgan fingerprint density at radius 3 is 2.68 bits per heavy atom. The summed E-state index contributed by atoms with van der Waals surface area (Å²) in [6.45, 7) is 2.44. The number of rotatable bonds is 3. The van der Waals surface area contributed by atoms with Crippen LogP contribution >= 0.6 is 11.6 Å². The molecule has 4 rings (SSSR count). The van der Waals surface area contributed by atoms with Gasteiger partial charge in [-0.3, -0.25) is 9.36 Å². The van der Waals surface area contributed by atoms with Gasteiger partial charge in [0.15, 0.2) is 5.65 Å². The molecule has 0 aliphatic carbocycles. The van der Waals surface area contributed by atoms with Gasteiger partial charge >= 0.3 is 0 Å². The number of nitrogens with zero attached hydrogens (tertiary/aromatic N) is 4. The molecule has 5 nitrogen and oxygen atoms in total. The summed E-state index contributed by atoms with van der Waals surface area (Å²) in [4.78, 5) is 17.2. The zero-order valence-electron chi connectivity index (χ0n) is 13.6. The van der Waals surface area contributed by atoms with Crippen molar-refractivity contribution in [1.82, 2.24) is 19.3 Å². The second kappa shape index (κ2) is 6.18. The summed E-state index contributed by atoms with van der Waals surface area (Å²) in [7, 11) is 0. The molecule has 0 N–H and O–H groups in total. The Balaban J connectivity index is 1.77. The van der Waals surface area contributed by atoms with Gasteiger partial charge in [-0.25, -0.2) is 9.67 Å². The summed E-state index contributed by atoms with van der Waals surface area (Å²) in [6, 6.07) is 15.4. The molecule has 0 bridgehead atoms. The minimum atomic E-state index is -0.122. The molecular formula is C19H15ClN4O. The topological polar surface area (TPSA) is 52.7 Å². The number of hydrogen-bond acceptors (Lipinski definition) is 3. The highest BCUT2D eigenvalue weighted by atomic mass is 35.5. The summed E-state index contributed by atoms with van der Waals surface area (Å²) in [5.74, 6) is 0. The molecule has 124 valence electrons. The lowest BCUT2D eigenvalue weighted by molar-refractivity contribution is 0.745. The maximum absolute atomic E-state index is 12.8. The van der Waals surface area contributed by atoms with Crippen LogP contribution in [0.5, 0.6) is 0 Å². The fourth-order valence-electron chi connectivity index (χ4n) is 2.77. The first-order chi connectivity index (χ1) is 12.1. The van der Waals surface area contributed by atoms with E-state index in [0.717, 1.165) is 16.8 Å². The molecule has 6 heteroatoms. The van der Waals surface area contributed by atoms with Crippen LogP contribution in [0.1, 0.15) is 11.1 Å². The van der Waals surface area contributed by atoms with Gasteiger partial charge in [0, 0.05) is 5.02 Å². The van der Waals surface area contributed by atoms with Crippen LogP contribution in [-0.2, 0) is 6.54 Å². The molecule has 0 radical (unpaired) electrons. The summed E-state index contributed by atoms with van der Waals surface area (Å²) in [5.41, 5.74) is 3.42. The first-order valence-electron chi connectivity index (χ1n) is 7.86. The first-order valence-corrected chi connectivity index (χ1v) is 8.24. The van der Waals surface area contributed by atoms with Gasteiger partial charge in [-0.05, 0) is 36.8 Å². The summed E-state index contributed by atoms with van der Waals surface area (Å²) >= 11 is 6.01. The maximum Gasteiger partial charge on any atom is 0.264 e. The van der Waals surface area contributed by atoms with Crippen molar-refractivity contribution in [3.05, 3.63) is 87.6 Å². The summed E-state index contributed by atoms with van der Waals surface area (Å²) in [5, 5.41) is 5.47. The molecule has 0 spiro atoms. The van der Waals surface area contributed by atoms with Gasteiger partial charge < -0.3 is 0 Å². The average molecular weight is 351 g/mol. The van der Waals surface area contributed by atoms with E-state index in [1.54, 1.807) is 27.8 Å². The predicted molar refractivity (Wildman–Crippen MR) is 98.4 cm³/mol. The largest absolute Gasteiger partial charge is 0.294 e. The number of benzene rings is 2. The fraction of sp³-hybridized carbons (Fsp3) is 0.105. The molecule has 0 atom stereocenters. The molecule has 25 heavy (non-hydrogen) atoms. The minimum absolute atomic E-state index is 0.122. The number of halogens is 1. The third-order valence-electron chi connectivity index (χ3n) is 4.07. The Hall–Kier alpha value is -2.92.